The molecule has 7 rings (SSSR count). The lowest BCUT2D eigenvalue weighted by Gasteiger charge is -2.46. The summed E-state index contributed by atoms with van der Waals surface area (Å²) in [6.07, 6.45) is 5.31. The molecule has 4 saturated heterocycles. The van der Waals surface area contributed by atoms with E-state index in [4.69, 9.17) is 25.9 Å². The summed E-state index contributed by atoms with van der Waals surface area (Å²) in [6, 6.07) is 11.2. The fraction of sp³-hybridized carbons (Fsp3) is 0.457. The Bertz CT molecular complexity index is 1660. The number of hydrogen-bond acceptors (Lipinski definition) is 11. The Morgan fingerprint density at radius 3 is 2.47 bits per heavy atom. The fourth-order valence-corrected chi connectivity index (χ4v) is 7.37. The van der Waals surface area contributed by atoms with E-state index in [1.54, 1.807) is 30.4 Å². The molecule has 4 aliphatic rings. The minimum Gasteiger partial charge on any atom is -0.494 e. The number of halogens is 2. The molecule has 2 aromatic carbocycles. The van der Waals surface area contributed by atoms with Crippen molar-refractivity contribution in [1.82, 2.24) is 19.8 Å². The maximum absolute atomic E-state index is 14.9. The molecular formula is C35H42ClFN8O4. The van der Waals surface area contributed by atoms with Gasteiger partial charge in [0, 0.05) is 69.4 Å². The number of nitrogens with zero attached hydrogens (tertiary/aromatic N) is 6. The number of benzene rings is 2. The normalized spacial score (nSPS) is 21.0. The Hall–Kier alpha value is -4.01. The van der Waals surface area contributed by atoms with Crippen LogP contribution in [0.2, 0.25) is 5.02 Å². The van der Waals surface area contributed by atoms with Crippen LogP contribution in [0.1, 0.15) is 30.9 Å². The summed E-state index contributed by atoms with van der Waals surface area (Å²) < 4.78 is 26.2. The average Bonchev–Trinajstić information content (AvgIpc) is 3.59. The van der Waals surface area contributed by atoms with Crippen LogP contribution in [-0.2, 0) is 14.4 Å². The number of nitrogens with one attached hydrogen (secondary N) is 2. The van der Waals surface area contributed by atoms with Crippen LogP contribution in [0.15, 0.2) is 55.4 Å². The highest BCUT2D eigenvalue weighted by molar-refractivity contribution is 6.30. The van der Waals surface area contributed by atoms with Crippen LogP contribution < -0.4 is 25.3 Å². The van der Waals surface area contributed by atoms with E-state index in [2.05, 4.69) is 41.9 Å². The molecule has 1 unspecified atom stereocenters. The van der Waals surface area contributed by atoms with E-state index in [-0.39, 0.29) is 10.9 Å². The highest BCUT2D eigenvalue weighted by Crippen LogP contribution is 2.41. The number of methoxy groups -OCH3 is 1. The van der Waals surface area contributed by atoms with E-state index in [0.717, 1.165) is 71.0 Å². The number of hydroxylamine groups is 1. The van der Waals surface area contributed by atoms with Crippen LogP contribution in [-0.4, -0.2) is 104 Å². The third-order valence-corrected chi connectivity index (χ3v) is 10.2. The Balaban J connectivity index is 1.07. The molecule has 14 heteroatoms. The summed E-state index contributed by atoms with van der Waals surface area (Å²) in [6.45, 7) is 11.8. The van der Waals surface area contributed by atoms with E-state index in [1.807, 2.05) is 12.1 Å². The van der Waals surface area contributed by atoms with E-state index >= 15 is 0 Å². The molecule has 1 aromatic heterocycles. The Morgan fingerprint density at radius 2 is 1.78 bits per heavy atom. The Kier molecular flexibility index (Phi) is 10.1. The second-order valence-corrected chi connectivity index (χ2v) is 13.1. The van der Waals surface area contributed by atoms with Gasteiger partial charge in [-0.05, 0) is 31.1 Å². The fourth-order valence-electron chi connectivity index (χ4n) is 7.18. The first-order valence-corrected chi connectivity index (χ1v) is 17.2. The minimum atomic E-state index is -0.474. The van der Waals surface area contributed by atoms with Gasteiger partial charge in [0.2, 0.25) is 5.91 Å². The van der Waals surface area contributed by atoms with Gasteiger partial charge in [-0.25, -0.2) is 19.4 Å². The maximum atomic E-state index is 14.9. The number of rotatable bonds is 10. The van der Waals surface area contributed by atoms with Crippen LogP contribution in [0, 0.1) is 5.82 Å². The molecular weight excluding hydrogens is 651 g/mol. The summed E-state index contributed by atoms with van der Waals surface area (Å²) >= 11 is 6.08. The smallest absolute Gasteiger partial charge is 0.247 e. The van der Waals surface area contributed by atoms with Gasteiger partial charge in [-0.1, -0.05) is 30.3 Å². The molecule has 0 bridgehead atoms. The van der Waals surface area contributed by atoms with Gasteiger partial charge in [0.1, 0.15) is 23.7 Å². The van der Waals surface area contributed by atoms with Crippen LogP contribution in [0.3, 0.4) is 0 Å². The van der Waals surface area contributed by atoms with Crippen molar-refractivity contribution in [2.24, 2.45) is 0 Å². The van der Waals surface area contributed by atoms with Gasteiger partial charge in [-0.2, -0.15) is 0 Å². The predicted octanol–water partition coefficient (Wildman–Crippen LogP) is 5.01. The van der Waals surface area contributed by atoms with Crippen LogP contribution >= 0.6 is 11.6 Å². The SMILES string of the molecule is C=CC(=O)Nc1cc(Nc2cc(N3OCCC3c3cccc(Cl)c3F)ncn2)c(OC)cc1N1CCC(N2CCN(C3COC3)CC2)CC1. The highest BCUT2D eigenvalue weighted by Gasteiger charge is 2.34. The largest absolute Gasteiger partial charge is 0.494 e. The van der Waals surface area contributed by atoms with Crippen molar-refractivity contribution in [3.05, 3.63) is 71.8 Å². The summed E-state index contributed by atoms with van der Waals surface area (Å²) in [5, 5.41) is 7.97. The van der Waals surface area contributed by atoms with E-state index in [0.29, 0.717) is 59.4 Å². The summed E-state index contributed by atoms with van der Waals surface area (Å²) in [4.78, 5) is 34.8. The van der Waals surface area contributed by atoms with E-state index in [9.17, 15) is 9.18 Å². The molecule has 12 nitrogen and oxygen atoms in total. The monoisotopic (exact) mass is 692 g/mol. The molecule has 0 aliphatic carbocycles. The lowest BCUT2D eigenvalue weighted by atomic mass is 10.0. The van der Waals surface area contributed by atoms with Gasteiger partial charge in [0.15, 0.2) is 5.82 Å². The molecule has 1 amide bonds. The lowest BCUT2D eigenvalue weighted by molar-refractivity contribution is -0.111. The first-order valence-electron chi connectivity index (χ1n) is 16.8. The van der Waals surface area contributed by atoms with Crippen LogP contribution in [0.25, 0.3) is 0 Å². The van der Waals surface area contributed by atoms with Crippen LogP contribution in [0.4, 0.5) is 33.1 Å². The first kappa shape index (κ1) is 33.5. The molecule has 4 fully saturated rings. The first-order chi connectivity index (χ1) is 23.9. The second kappa shape index (κ2) is 14.9. The number of ether oxygens (including phenoxy) is 2. The van der Waals surface area contributed by atoms with E-state index in [1.165, 1.54) is 18.5 Å². The Morgan fingerprint density at radius 1 is 1.02 bits per heavy atom. The standard InChI is InChI=1S/C35H42ClFN8O4/c1-3-34(46)41-27-17-28(40-32-19-33(39-22-38-32)45-29(9-16-49-45)25-5-4-6-26(36)35(25)37)31(47-2)18-30(27)44-10-7-23(8-11-44)42-12-14-43(15-13-42)24-20-48-21-24/h3-6,17-19,22-24,29H,1,7-16,20-21H2,2H3,(H,41,46)(H,38,39,40). The number of amides is 1. The zero-order chi connectivity index (χ0) is 33.9. The van der Waals surface area contributed by atoms with Gasteiger partial charge in [-0.15, -0.1) is 0 Å². The highest BCUT2D eigenvalue weighted by atomic mass is 35.5. The quantitative estimate of drug-likeness (QED) is 0.280. The van der Waals surface area contributed by atoms with Crippen molar-refractivity contribution in [1.29, 1.82) is 0 Å². The number of carbonyl (C=O) groups is 1. The molecule has 0 radical (unpaired) electrons. The number of anilines is 5. The van der Waals surface area contributed by atoms with Crippen molar-refractivity contribution >= 4 is 46.2 Å². The summed E-state index contributed by atoms with van der Waals surface area (Å²) in [7, 11) is 1.61. The van der Waals surface area contributed by atoms with Gasteiger partial charge in [0.25, 0.3) is 0 Å². The minimum absolute atomic E-state index is 0.0578. The molecule has 2 N–H and O–H groups in total. The molecule has 49 heavy (non-hydrogen) atoms. The number of carbonyl (C=O) groups excluding carboxylic acids is 1. The lowest BCUT2D eigenvalue weighted by Crippen LogP contribution is -2.59. The van der Waals surface area contributed by atoms with Gasteiger partial charge in [-0.3, -0.25) is 19.4 Å². The molecule has 260 valence electrons. The molecule has 3 aromatic rings. The van der Waals surface area contributed by atoms with Crippen molar-refractivity contribution < 1.29 is 23.5 Å². The summed E-state index contributed by atoms with van der Waals surface area (Å²) in [5.74, 6) is 0.719. The number of aromatic nitrogens is 2. The van der Waals surface area contributed by atoms with Gasteiger partial charge >= 0.3 is 0 Å². The molecule has 0 spiro atoms. The third-order valence-electron chi connectivity index (χ3n) is 9.95. The van der Waals surface area contributed by atoms with Crippen molar-refractivity contribution in [2.45, 2.75) is 37.4 Å². The third kappa shape index (κ3) is 7.17. The second-order valence-electron chi connectivity index (χ2n) is 12.7. The zero-order valence-electron chi connectivity index (χ0n) is 27.6. The number of hydrogen-bond donors (Lipinski definition) is 2. The van der Waals surface area contributed by atoms with Gasteiger partial charge < -0.3 is 25.0 Å². The van der Waals surface area contributed by atoms with Crippen LogP contribution in [0.5, 0.6) is 5.75 Å². The van der Waals surface area contributed by atoms with Gasteiger partial charge in [0.05, 0.1) is 61.1 Å². The maximum Gasteiger partial charge on any atom is 0.247 e. The van der Waals surface area contributed by atoms with E-state index < -0.39 is 11.9 Å². The molecule has 1 atom stereocenters. The Labute approximate surface area is 290 Å². The van der Waals surface area contributed by atoms with Crippen molar-refractivity contribution in [3.8, 4) is 5.75 Å². The predicted molar refractivity (Wildman–Crippen MR) is 187 cm³/mol. The summed E-state index contributed by atoms with van der Waals surface area (Å²) in [5.41, 5.74) is 2.55. The average molecular weight is 693 g/mol. The van der Waals surface area contributed by atoms with Crippen molar-refractivity contribution in [3.63, 3.8) is 0 Å². The zero-order valence-corrected chi connectivity index (χ0v) is 28.4. The van der Waals surface area contributed by atoms with Crippen molar-refractivity contribution in [2.75, 3.05) is 86.8 Å². The number of piperidine rings is 1. The number of piperazine rings is 1. The topological polar surface area (TPSA) is 108 Å². The molecule has 4 aliphatic heterocycles. The molecule has 0 saturated carbocycles. The molecule has 5 heterocycles.